The van der Waals surface area contributed by atoms with E-state index in [-0.39, 0.29) is 0 Å². The zero-order valence-electron chi connectivity index (χ0n) is 9.81. The van der Waals surface area contributed by atoms with Gasteiger partial charge in [-0.1, -0.05) is 18.2 Å². The Morgan fingerprint density at radius 2 is 2.06 bits per heavy atom. The molecule has 0 heterocycles. The molecule has 0 aliphatic carbocycles. The summed E-state index contributed by atoms with van der Waals surface area (Å²) in [6.45, 7) is 3.03. The first-order valence-corrected chi connectivity index (χ1v) is 8.11. The van der Waals surface area contributed by atoms with Gasteiger partial charge in [-0.2, -0.15) is 0 Å². The predicted molar refractivity (Wildman–Crippen MR) is 73.6 cm³/mol. The van der Waals surface area contributed by atoms with Crippen LogP contribution in [-0.2, 0) is 10.8 Å². The van der Waals surface area contributed by atoms with Crippen LogP contribution < -0.4 is 5.32 Å². The smallest absolute Gasteiger partial charge is 0.0383 e. The summed E-state index contributed by atoms with van der Waals surface area (Å²) in [5.41, 5.74) is 0. The van der Waals surface area contributed by atoms with Gasteiger partial charge in [-0.05, 0) is 19.1 Å². The van der Waals surface area contributed by atoms with Gasteiger partial charge in [0.05, 0.1) is 0 Å². The highest BCUT2D eigenvalue weighted by Gasteiger charge is 2.02. The highest BCUT2D eigenvalue weighted by atomic mass is 32.2. The van der Waals surface area contributed by atoms with Crippen molar-refractivity contribution >= 4 is 22.6 Å². The Kier molecular flexibility index (Phi) is 6.76. The molecule has 4 heteroatoms. The first-order valence-electron chi connectivity index (χ1n) is 5.39. The summed E-state index contributed by atoms with van der Waals surface area (Å²) in [4.78, 5) is 1.30. The van der Waals surface area contributed by atoms with Gasteiger partial charge in [0, 0.05) is 46.0 Å². The lowest BCUT2D eigenvalue weighted by Gasteiger charge is -2.11. The van der Waals surface area contributed by atoms with Gasteiger partial charge in [-0.15, -0.1) is 11.8 Å². The molecule has 0 spiro atoms. The number of rotatable bonds is 7. The van der Waals surface area contributed by atoms with Crippen LogP contribution in [0.25, 0.3) is 0 Å². The maximum atomic E-state index is 11.0. The third-order valence-electron chi connectivity index (χ3n) is 2.09. The third kappa shape index (κ3) is 6.30. The SMILES string of the molecule is CC(CS(C)=O)NCCSc1ccccc1. The van der Waals surface area contributed by atoms with E-state index in [1.807, 2.05) is 17.8 Å². The summed E-state index contributed by atoms with van der Waals surface area (Å²) >= 11 is 1.84. The molecule has 0 saturated heterocycles. The molecule has 0 bridgehead atoms. The van der Waals surface area contributed by atoms with Crippen molar-refractivity contribution in [1.82, 2.24) is 5.32 Å². The zero-order valence-corrected chi connectivity index (χ0v) is 11.4. The van der Waals surface area contributed by atoms with Crippen LogP contribution in [0.15, 0.2) is 35.2 Å². The molecule has 1 rings (SSSR count). The van der Waals surface area contributed by atoms with Crippen LogP contribution in [0.1, 0.15) is 6.92 Å². The Morgan fingerprint density at radius 3 is 2.69 bits per heavy atom. The van der Waals surface area contributed by atoms with Crippen LogP contribution in [0.5, 0.6) is 0 Å². The summed E-state index contributed by atoms with van der Waals surface area (Å²) < 4.78 is 11.0. The molecule has 16 heavy (non-hydrogen) atoms. The van der Waals surface area contributed by atoms with Crippen molar-refractivity contribution in [3.05, 3.63) is 30.3 Å². The fourth-order valence-electron chi connectivity index (χ4n) is 1.40. The van der Waals surface area contributed by atoms with Crippen LogP contribution >= 0.6 is 11.8 Å². The fraction of sp³-hybridized carbons (Fsp3) is 0.500. The molecule has 0 fully saturated rings. The molecule has 1 N–H and O–H groups in total. The van der Waals surface area contributed by atoms with Crippen LogP contribution in [-0.4, -0.2) is 34.6 Å². The quantitative estimate of drug-likeness (QED) is 0.599. The second-order valence-electron chi connectivity index (χ2n) is 3.76. The Balaban J connectivity index is 2.10. The Hall–Kier alpha value is -0.320. The standard InChI is InChI=1S/C12H19NOS2/c1-11(10-16(2)14)13-8-9-15-12-6-4-3-5-7-12/h3-7,11,13H,8-10H2,1-2H3. The lowest BCUT2D eigenvalue weighted by atomic mass is 10.4. The van der Waals surface area contributed by atoms with Crippen molar-refractivity contribution in [1.29, 1.82) is 0 Å². The predicted octanol–water partition coefficient (Wildman–Crippen LogP) is 2.14. The number of benzene rings is 1. The van der Waals surface area contributed by atoms with Gasteiger partial charge >= 0.3 is 0 Å². The molecule has 2 atom stereocenters. The Labute approximate surface area is 105 Å². The van der Waals surface area contributed by atoms with E-state index in [4.69, 9.17) is 0 Å². The minimum atomic E-state index is -0.706. The van der Waals surface area contributed by atoms with Crippen molar-refractivity contribution in [2.45, 2.75) is 17.9 Å². The van der Waals surface area contributed by atoms with Crippen molar-refractivity contribution in [3.8, 4) is 0 Å². The molecule has 0 saturated carbocycles. The Bertz CT molecular complexity index is 316. The van der Waals surface area contributed by atoms with Crippen molar-refractivity contribution in [3.63, 3.8) is 0 Å². The first kappa shape index (κ1) is 13.7. The first-order chi connectivity index (χ1) is 7.68. The summed E-state index contributed by atoms with van der Waals surface area (Å²) in [6, 6.07) is 10.7. The van der Waals surface area contributed by atoms with E-state index in [2.05, 4.69) is 36.5 Å². The molecule has 1 aromatic rings. The summed E-state index contributed by atoms with van der Waals surface area (Å²) in [6.07, 6.45) is 1.75. The van der Waals surface area contributed by atoms with E-state index < -0.39 is 10.8 Å². The van der Waals surface area contributed by atoms with Gasteiger partial charge in [0.1, 0.15) is 0 Å². The zero-order chi connectivity index (χ0) is 11.8. The minimum absolute atomic E-state index is 0.335. The number of thioether (sulfide) groups is 1. The molecule has 0 radical (unpaired) electrons. The second-order valence-corrected chi connectivity index (χ2v) is 6.40. The van der Waals surface area contributed by atoms with Gasteiger partial charge in [0.15, 0.2) is 0 Å². The fourth-order valence-corrected chi connectivity index (χ4v) is 3.03. The van der Waals surface area contributed by atoms with Crippen LogP contribution in [0, 0.1) is 0 Å². The van der Waals surface area contributed by atoms with Crippen LogP contribution in [0.3, 0.4) is 0 Å². The molecular weight excluding hydrogens is 238 g/mol. The molecule has 0 aliphatic heterocycles. The molecule has 90 valence electrons. The molecular formula is C12H19NOS2. The normalized spacial score (nSPS) is 14.6. The molecule has 0 amide bonds. The van der Waals surface area contributed by atoms with E-state index in [9.17, 15) is 4.21 Å². The van der Waals surface area contributed by atoms with E-state index in [1.54, 1.807) is 6.26 Å². The van der Waals surface area contributed by atoms with E-state index >= 15 is 0 Å². The summed E-state index contributed by atoms with van der Waals surface area (Å²) in [7, 11) is -0.706. The van der Waals surface area contributed by atoms with Crippen molar-refractivity contribution in [2.75, 3.05) is 24.3 Å². The van der Waals surface area contributed by atoms with E-state index in [0.717, 1.165) is 18.1 Å². The van der Waals surface area contributed by atoms with Gasteiger partial charge < -0.3 is 5.32 Å². The van der Waals surface area contributed by atoms with Gasteiger partial charge in [0.2, 0.25) is 0 Å². The lowest BCUT2D eigenvalue weighted by molar-refractivity contribution is 0.611. The molecule has 2 unspecified atom stereocenters. The summed E-state index contributed by atoms with van der Waals surface area (Å²) in [5, 5.41) is 3.37. The van der Waals surface area contributed by atoms with E-state index in [0.29, 0.717) is 6.04 Å². The largest absolute Gasteiger partial charge is 0.313 e. The Morgan fingerprint density at radius 1 is 1.38 bits per heavy atom. The van der Waals surface area contributed by atoms with Crippen LogP contribution in [0.2, 0.25) is 0 Å². The number of nitrogens with one attached hydrogen (secondary N) is 1. The molecule has 0 aliphatic rings. The second kappa shape index (κ2) is 7.87. The average Bonchev–Trinajstić information content (AvgIpc) is 2.25. The van der Waals surface area contributed by atoms with Gasteiger partial charge in [0.25, 0.3) is 0 Å². The number of hydrogen-bond donors (Lipinski definition) is 1. The lowest BCUT2D eigenvalue weighted by Crippen LogP contribution is -2.32. The number of hydrogen-bond acceptors (Lipinski definition) is 3. The third-order valence-corrected chi connectivity index (χ3v) is 4.07. The average molecular weight is 257 g/mol. The van der Waals surface area contributed by atoms with Crippen LogP contribution in [0.4, 0.5) is 0 Å². The summed E-state index contributed by atoms with van der Waals surface area (Å²) in [5.74, 6) is 1.78. The monoisotopic (exact) mass is 257 g/mol. The van der Waals surface area contributed by atoms with Crippen molar-refractivity contribution < 1.29 is 4.21 Å². The molecule has 1 aromatic carbocycles. The van der Waals surface area contributed by atoms with Gasteiger partial charge in [-0.25, -0.2) is 0 Å². The minimum Gasteiger partial charge on any atom is -0.313 e. The van der Waals surface area contributed by atoms with Crippen molar-refractivity contribution in [2.24, 2.45) is 0 Å². The maximum absolute atomic E-state index is 11.0. The molecule has 0 aromatic heterocycles. The topological polar surface area (TPSA) is 29.1 Å². The molecule has 2 nitrogen and oxygen atoms in total. The highest BCUT2D eigenvalue weighted by molar-refractivity contribution is 7.99. The van der Waals surface area contributed by atoms with E-state index in [1.165, 1.54) is 4.90 Å². The highest BCUT2D eigenvalue weighted by Crippen LogP contribution is 2.15. The maximum Gasteiger partial charge on any atom is 0.0383 e. The van der Waals surface area contributed by atoms with Gasteiger partial charge in [-0.3, -0.25) is 4.21 Å².